The third-order valence-corrected chi connectivity index (χ3v) is 2.61. The van der Waals surface area contributed by atoms with E-state index in [4.69, 9.17) is 23.7 Å². The molecule has 0 atom stereocenters. The van der Waals surface area contributed by atoms with Crippen molar-refractivity contribution in [1.29, 1.82) is 0 Å². The van der Waals surface area contributed by atoms with Crippen LogP contribution in [0.5, 0.6) is 0 Å². The van der Waals surface area contributed by atoms with Crippen molar-refractivity contribution in [2.75, 3.05) is 72.6 Å². The van der Waals surface area contributed by atoms with Gasteiger partial charge < -0.3 is 29.0 Å². The first-order valence-corrected chi connectivity index (χ1v) is 10.5. The zero-order valence-electron chi connectivity index (χ0n) is 18.6. The summed E-state index contributed by atoms with van der Waals surface area (Å²) in [5.41, 5.74) is 0. The van der Waals surface area contributed by atoms with E-state index < -0.39 is 0 Å². The minimum atomic E-state index is -0.151. The highest BCUT2D eigenvalue weighted by Gasteiger charge is 2.00. The zero-order chi connectivity index (χ0) is 21.0. The molecule has 0 heterocycles. The van der Waals surface area contributed by atoms with Gasteiger partial charge in [0.05, 0.1) is 46.2 Å². The van der Waals surface area contributed by atoms with E-state index in [1.165, 1.54) is 0 Å². The smallest absolute Gasteiger partial charge is 0.246 e. The molecule has 0 unspecified atom stereocenters. The van der Waals surface area contributed by atoms with Crippen LogP contribution in [0.4, 0.5) is 0 Å². The molecule has 0 fully saturated rings. The van der Waals surface area contributed by atoms with Crippen molar-refractivity contribution < 1.29 is 29.9 Å². The third-order valence-electron chi connectivity index (χ3n) is 2.61. The lowest BCUT2D eigenvalue weighted by Crippen LogP contribution is -2.31. The predicted molar refractivity (Wildman–Crippen MR) is 112 cm³/mol. The highest BCUT2D eigenvalue weighted by molar-refractivity contribution is 5.77. The highest BCUT2D eigenvalue weighted by atomic mass is 16.5. The monoisotopic (exact) mass is 397 g/mol. The van der Waals surface area contributed by atoms with Crippen LogP contribution in [0, 0.1) is 0 Å². The van der Waals surface area contributed by atoms with Crippen LogP contribution >= 0.6 is 0 Å². The topological polar surface area (TPSA) is 75.3 Å². The molecule has 0 bridgehead atoms. The molecule has 168 valence electrons. The summed E-state index contributed by atoms with van der Waals surface area (Å²) in [7, 11) is 0. The molecule has 0 aliphatic carbocycles. The largest absolute Gasteiger partial charge is 0.379 e. The van der Waals surface area contributed by atoms with E-state index in [0.717, 1.165) is 26.1 Å². The first kappa shape index (κ1) is 31.0. The number of hydrogen-bond donors (Lipinski definition) is 1. The molecule has 27 heavy (non-hydrogen) atoms. The van der Waals surface area contributed by atoms with Gasteiger partial charge in [-0.15, -0.1) is 0 Å². The Labute approximate surface area is 168 Å². The van der Waals surface area contributed by atoms with Crippen LogP contribution in [-0.2, 0) is 28.5 Å². The second kappa shape index (κ2) is 32.9. The van der Waals surface area contributed by atoms with Crippen molar-refractivity contribution in [3.05, 3.63) is 0 Å². The molecule has 1 N–H and O–H groups in total. The SMILES string of the molecule is CC.CC.CCCOCCOCCNC(=O)COCCOCCOCCC.[HH]. The lowest BCUT2D eigenvalue weighted by molar-refractivity contribution is -0.126. The van der Waals surface area contributed by atoms with Crippen LogP contribution in [0.25, 0.3) is 0 Å². The van der Waals surface area contributed by atoms with Crippen molar-refractivity contribution in [1.82, 2.24) is 5.32 Å². The number of ether oxygens (including phenoxy) is 5. The fourth-order valence-electron chi connectivity index (χ4n) is 1.53. The lowest BCUT2D eigenvalue weighted by atomic mass is 10.5. The van der Waals surface area contributed by atoms with Gasteiger partial charge in [-0.25, -0.2) is 0 Å². The minimum Gasteiger partial charge on any atom is -0.379 e. The Hall–Kier alpha value is -0.730. The van der Waals surface area contributed by atoms with Crippen molar-refractivity contribution in [3.63, 3.8) is 0 Å². The molecule has 7 nitrogen and oxygen atoms in total. The van der Waals surface area contributed by atoms with Gasteiger partial charge in [0, 0.05) is 21.2 Å². The molecule has 0 saturated carbocycles. The Kier molecular flexibility index (Phi) is 37.8. The standard InChI is InChI=1S/C16H33NO6.2C2H6.H2/c1-3-6-19-9-11-21-8-5-17-16(18)15-23-14-13-22-12-10-20-7-4-2;2*1-2;/h3-15H2,1-2H3,(H,17,18);2*1-2H3;1H. The average Bonchev–Trinajstić information content (AvgIpc) is 2.71. The van der Waals surface area contributed by atoms with E-state index in [9.17, 15) is 4.79 Å². The molecule has 0 spiro atoms. The molecule has 0 aliphatic heterocycles. The van der Waals surface area contributed by atoms with E-state index >= 15 is 0 Å². The molecule has 0 aromatic rings. The molecule has 1 amide bonds. The number of carbonyl (C=O) groups excluding carboxylic acids is 1. The Balaban J connectivity index is -0.000000537. The van der Waals surface area contributed by atoms with Gasteiger partial charge in [-0.2, -0.15) is 0 Å². The molecule has 0 radical (unpaired) electrons. The number of rotatable bonds is 18. The van der Waals surface area contributed by atoms with E-state index in [1.54, 1.807) is 0 Å². The van der Waals surface area contributed by atoms with Crippen molar-refractivity contribution in [2.45, 2.75) is 54.4 Å². The predicted octanol–water partition coefficient (Wildman–Crippen LogP) is 3.30. The van der Waals surface area contributed by atoms with Crippen LogP contribution in [0.3, 0.4) is 0 Å². The van der Waals surface area contributed by atoms with Crippen LogP contribution < -0.4 is 5.32 Å². The molecular formula is C20H47NO6. The Morgan fingerprint density at radius 3 is 1.44 bits per heavy atom. The van der Waals surface area contributed by atoms with Crippen molar-refractivity contribution in [3.8, 4) is 0 Å². The normalized spacial score (nSPS) is 9.70. The summed E-state index contributed by atoms with van der Waals surface area (Å²) < 4.78 is 26.4. The number of carbonyl (C=O) groups is 1. The molecule has 7 heteroatoms. The highest BCUT2D eigenvalue weighted by Crippen LogP contribution is 1.84. The number of hydrogen-bond acceptors (Lipinski definition) is 6. The number of amides is 1. The maximum atomic E-state index is 11.4. The molecule has 0 aromatic carbocycles. The molecular weight excluding hydrogens is 350 g/mol. The average molecular weight is 398 g/mol. The van der Waals surface area contributed by atoms with Crippen LogP contribution in [-0.4, -0.2) is 78.5 Å². The fourth-order valence-corrected chi connectivity index (χ4v) is 1.53. The van der Waals surface area contributed by atoms with E-state index in [-0.39, 0.29) is 13.9 Å². The quantitative estimate of drug-likeness (QED) is 0.358. The molecule has 0 saturated heterocycles. The van der Waals surface area contributed by atoms with E-state index in [2.05, 4.69) is 19.2 Å². The summed E-state index contributed by atoms with van der Waals surface area (Å²) in [6, 6.07) is 0. The second-order valence-electron chi connectivity index (χ2n) is 4.85. The van der Waals surface area contributed by atoms with E-state index in [0.29, 0.717) is 52.8 Å². The van der Waals surface area contributed by atoms with Gasteiger partial charge in [0.25, 0.3) is 0 Å². The van der Waals surface area contributed by atoms with Gasteiger partial charge in [-0.3, -0.25) is 4.79 Å². The lowest BCUT2D eigenvalue weighted by Gasteiger charge is -2.08. The van der Waals surface area contributed by atoms with Crippen LogP contribution in [0.2, 0.25) is 0 Å². The van der Waals surface area contributed by atoms with Gasteiger partial charge in [0.1, 0.15) is 6.61 Å². The van der Waals surface area contributed by atoms with Gasteiger partial charge in [0.15, 0.2) is 0 Å². The summed E-state index contributed by atoms with van der Waals surface area (Å²) in [6.45, 7) is 17.8. The second-order valence-corrected chi connectivity index (χ2v) is 4.85. The molecule has 0 aromatic heterocycles. The fraction of sp³-hybridized carbons (Fsp3) is 0.950. The van der Waals surface area contributed by atoms with Gasteiger partial charge in [-0.05, 0) is 12.8 Å². The maximum absolute atomic E-state index is 11.4. The Morgan fingerprint density at radius 2 is 1.00 bits per heavy atom. The first-order valence-electron chi connectivity index (χ1n) is 10.5. The van der Waals surface area contributed by atoms with E-state index in [1.807, 2.05) is 27.7 Å². The minimum absolute atomic E-state index is 0. The first-order chi connectivity index (χ1) is 13.3. The summed E-state index contributed by atoms with van der Waals surface area (Å²) in [5.74, 6) is -0.151. The van der Waals surface area contributed by atoms with Crippen molar-refractivity contribution in [2.24, 2.45) is 0 Å². The van der Waals surface area contributed by atoms with Crippen LogP contribution in [0.1, 0.15) is 55.8 Å². The van der Waals surface area contributed by atoms with Gasteiger partial charge in [0.2, 0.25) is 5.91 Å². The third kappa shape index (κ3) is 33.3. The van der Waals surface area contributed by atoms with Gasteiger partial charge in [-0.1, -0.05) is 41.5 Å². The molecule has 0 rings (SSSR count). The Morgan fingerprint density at radius 1 is 0.630 bits per heavy atom. The Bertz CT molecular complexity index is 261. The number of nitrogens with one attached hydrogen (secondary N) is 1. The summed E-state index contributed by atoms with van der Waals surface area (Å²) in [6.07, 6.45) is 2.02. The van der Waals surface area contributed by atoms with Crippen molar-refractivity contribution >= 4 is 5.91 Å². The summed E-state index contributed by atoms with van der Waals surface area (Å²) >= 11 is 0. The van der Waals surface area contributed by atoms with Gasteiger partial charge >= 0.3 is 0 Å². The zero-order valence-corrected chi connectivity index (χ0v) is 18.6. The summed E-state index contributed by atoms with van der Waals surface area (Å²) in [5, 5.41) is 2.72. The maximum Gasteiger partial charge on any atom is 0.246 e. The van der Waals surface area contributed by atoms with Crippen LogP contribution in [0.15, 0.2) is 0 Å². The molecule has 0 aliphatic rings. The summed E-state index contributed by atoms with van der Waals surface area (Å²) in [4.78, 5) is 11.4.